The number of aryl methyl sites for hydroxylation is 1. The molecule has 5 heteroatoms. The van der Waals surface area contributed by atoms with Crippen LogP contribution in [0.5, 0.6) is 11.6 Å². The van der Waals surface area contributed by atoms with Gasteiger partial charge >= 0.3 is 0 Å². The van der Waals surface area contributed by atoms with Gasteiger partial charge in [-0.15, -0.1) is 0 Å². The number of rotatable bonds is 2. The lowest BCUT2D eigenvalue weighted by atomic mass is 10.2. The molecule has 0 saturated heterocycles. The molecule has 4 nitrogen and oxygen atoms in total. The number of ether oxygens (including phenoxy) is 1. The minimum absolute atomic E-state index is 0.200. The fourth-order valence-corrected chi connectivity index (χ4v) is 1.25. The highest BCUT2D eigenvalue weighted by Gasteiger charge is 2.06. The average molecular weight is 219 g/mol. The molecule has 0 bridgehead atoms. The quantitative estimate of drug-likeness (QED) is 0.841. The van der Waals surface area contributed by atoms with Gasteiger partial charge in [-0.3, -0.25) is 0 Å². The highest BCUT2D eigenvalue weighted by atomic mass is 19.1. The molecule has 2 aromatic rings. The molecule has 0 amide bonds. The average Bonchev–Trinajstić information content (AvgIpc) is 2.25. The van der Waals surface area contributed by atoms with Gasteiger partial charge in [0.1, 0.15) is 11.6 Å². The van der Waals surface area contributed by atoms with Crippen molar-refractivity contribution in [3.63, 3.8) is 0 Å². The Morgan fingerprint density at radius 2 is 2.00 bits per heavy atom. The van der Waals surface area contributed by atoms with Crippen LogP contribution in [0.25, 0.3) is 0 Å². The SMILES string of the molecule is Cc1cc(F)ccc1Oc1nccnc1N. The van der Waals surface area contributed by atoms with Gasteiger partial charge in [0.15, 0.2) is 5.82 Å². The summed E-state index contributed by atoms with van der Waals surface area (Å²) in [4.78, 5) is 7.77. The first-order valence-corrected chi connectivity index (χ1v) is 4.67. The molecule has 2 N–H and O–H groups in total. The van der Waals surface area contributed by atoms with Crippen molar-refractivity contribution in [1.29, 1.82) is 0 Å². The Kier molecular flexibility index (Phi) is 2.68. The van der Waals surface area contributed by atoms with Crippen molar-refractivity contribution in [2.24, 2.45) is 0 Å². The minimum atomic E-state index is -0.308. The standard InChI is InChI=1S/C11H10FN3O/c1-7-6-8(12)2-3-9(7)16-11-10(13)14-4-5-15-11/h2-6H,1H3,(H2,13,14). The molecule has 0 atom stereocenters. The highest BCUT2D eigenvalue weighted by Crippen LogP contribution is 2.26. The van der Waals surface area contributed by atoms with Crippen molar-refractivity contribution in [2.75, 3.05) is 5.73 Å². The molecule has 0 aliphatic rings. The molecule has 16 heavy (non-hydrogen) atoms. The first-order chi connectivity index (χ1) is 7.66. The zero-order valence-corrected chi connectivity index (χ0v) is 8.64. The van der Waals surface area contributed by atoms with Crippen molar-refractivity contribution in [3.8, 4) is 11.6 Å². The fraction of sp³-hybridized carbons (Fsp3) is 0.0909. The van der Waals surface area contributed by atoms with Gasteiger partial charge in [-0.2, -0.15) is 0 Å². The second-order valence-electron chi connectivity index (χ2n) is 3.26. The van der Waals surface area contributed by atoms with Crippen LogP contribution in [0.2, 0.25) is 0 Å². The molecule has 82 valence electrons. The molecule has 0 fully saturated rings. The minimum Gasteiger partial charge on any atom is -0.436 e. The second kappa shape index (κ2) is 4.14. The third kappa shape index (κ3) is 2.08. The van der Waals surface area contributed by atoms with Crippen LogP contribution >= 0.6 is 0 Å². The number of halogens is 1. The monoisotopic (exact) mass is 219 g/mol. The molecular weight excluding hydrogens is 209 g/mol. The molecule has 0 unspecified atom stereocenters. The van der Waals surface area contributed by atoms with Crippen LogP contribution in [0.15, 0.2) is 30.6 Å². The number of nitrogen functional groups attached to an aromatic ring is 1. The predicted octanol–water partition coefficient (Wildman–Crippen LogP) is 2.30. The first kappa shape index (κ1) is 10.4. The van der Waals surface area contributed by atoms with E-state index in [4.69, 9.17) is 10.5 Å². The number of hydrogen-bond donors (Lipinski definition) is 1. The van der Waals surface area contributed by atoms with Crippen LogP contribution in [-0.2, 0) is 0 Å². The molecule has 0 aliphatic heterocycles. The molecule has 0 radical (unpaired) electrons. The van der Waals surface area contributed by atoms with E-state index in [9.17, 15) is 4.39 Å². The van der Waals surface area contributed by atoms with Gasteiger partial charge in [0.25, 0.3) is 5.88 Å². The summed E-state index contributed by atoms with van der Waals surface area (Å²) in [6.07, 6.45) is 2.95. The van der Waals surface area contributed by atoms with Gasteiger partial charge in [-0.25, -0.2) is 14.4 Å². The van der Waals surface area contributed by atoms with Crippen molar-refractivity contribution >= 4 is 5.82 Å². The van der Waals surface area contributed by atoms with Gasteiger partial charge < -0.3 is 10.5 Å². The van der Waals surface area contributed by atoms with Crippen LogP contribution in [0.4, 0.5) is 10.2 Å². The lowest BCUT2D eigenvalue weighted by molar-refractivity contribution is 0.458. The number of aromatic nitrogens is 2. The Balaban J connectivity index is 2.31. The van der Waals surface area contributed by atoms with Gasteiger partial charge in [-0.05, 0) is 30.7 Å². The number of benzene rings is 1. The lowest BCUT2D eigenvalue weighted by Crippen LogP contribution is -1.98. The lowest BCUT2D eigenvalue weighted by Gasteiger charge is -2.08. The van der Waals surface area contributed by atoms with Crippen LogP contribution < -0.4 is 10.5 Å². The fourth-order valence-electron chi connectivity index (χ4n) is 1.25. The number of nitrogens with zero attached hydrogens (tertiary/aromatic N) is 2. The van der Waals surface area contributed by atoms with E-state index in [0.717, 1.165) is 0 Å². The van der Waals surface area contributed by atoms with E-state index in [2.05, 4.69) is 9.97 Å². The molecule has 0 saturated carbocycles. The summed E-state index contributed by atoms with van der Waals surface area (Å²) in [7, 11) is 0. The largest absolute Gasteiger partial charge is 0.436 e. The number of hydrogen-bond acceptors (Lipinski definition) is 4. The Hall–Kier alpha value is -2.17. The molecule has 1 heterocycles. The summed E-state index contributed by atoms with van der Waals surface area (Å²) in [6.45, 7) is 1.74. The molecule has 2 rings (SSSR count). The van der Waals surface area contributed by atoms with Crippen molar-refractivity contribution < 1.29 is 9.13 Å². The van der Waals surface area contributed by atoms with E-state index in [1.165, 1.54) is 30.6 Å². The Labute approximate surface area is 91.9 Å². The first-order valence-electron chi connectivity index (χ1n) is 4.67. The van der Waals surface area contributed by atoms with Crippen molar-refractivity contribution in [3.05, 3.63) is 42.0 Å². The van der Waals surface area contributed by atoms with Crippen molar-refractivity contribution in [2.45, 2.75) is 6.92 Å². The zero-order chi connectivity index (χ0) is 11.5. The normalized spacial score (nSPS) is 10.1. The third-order valence-electron chi connectivity index (χ3n) is 2.03. The molecule has 0 aliphatic carbocycles. The Bertz CT molecular complexity index is 516. The van der Waals surface area contributed by atoms with Crippen LogP contribution in [0.1, 0.15) is 5.56 Å². The van der Waals surface area contributed by atoms with Crippen LogP contribution in [-0.4, -0.2) is 9.97 Å². The highest BCUT2D eigenvalue weighted by molar-refractivity contribution is 5.43. The summed E-state index contributed by atoms with van der Waals surface area (Å²) in [6, 6.07) is 4.22. The topological polar surface area (TPSA) is 61.0 Å². The van der Waals surface area contributed by atoms with Crippen LogP contribution in [0, 0.1) is 12.7 Å². The van der Waals surface area contributed by atoms with E-state index >= 15 is 0 Å². The number of nitrogens with two attached hydrogens (primary N) is 1. The van der Waals surface area contributed by atoms with E-state index in [1.54, 1.807) is 6.92 Å². The van der Waals surface area contributed by atoms with Crippen LogP contribution in [0.3, 0.4) is 0 Å². The maximum Gasteiger partial charge on any atom is 0.262 e. The van der Waals surface area contributed by atoms with E-state index in [-0.39, 0.29) is 17.5 Å². The zero-order valence-electron chi connectivity index (χ0n) is 8.64. The van der Waals surface area contributed by atoms with Crippen molar-refractivity contribution in [1.82, 2.24) is 9.97 Å². The molecule has 1 aromatic carbocycles. The van der Waals surface area contributed by atoms with E-state index in [0.29, 0.717) is 11.3 Å². The Morgan fingerprint density at radius 1 is 1.25 bits per heavy atom. The van der Waals surface area contributed by atoms with Gasteiger partial charge in [-0.1, -0.05) is 0 Å². The number of anilines is 1. The van der Waals surface area contributed by atoms with Gasteiger partial charge in [0.05, 0.1) is 0 Å². The summed E-state index contributed by atoms with van der Waals surface area (Å²) >= 11 is 0. The summed E-state index contributed by atoms with van der Waals surface area (Å²) in [5, 5.41) is 0. The van der Waals surface area contributed by atoms with Gasteiger partial charge in [0.2, 0.25) is 0 Å². The van der Waals surface area contributed by atoms with E-state index < -0.39 is 0 Å². The molecule has 1 aromatic heterocycles. The predicted molar refractivity (Wildman–Crippen MR) is 57.7 cm³/mol. The summed E-state index contributed by atoms with van der Waals surface area (Å²) in [5.74, 6) is 0.619. The summed E-state index contributed by atoms with van der Waals surface area (Å²) < 4.78 is 18.3. The second-order valence-corrected chi connectivity index (χ2v) is 3.26. The Morgan fingerprint density at radius 3 is 2.69 bits per heavy atom. The van der Waals surface area contributed by atoms with Gasteiger partial charge in [0, 0.05) is 12.4 Å². The summed E-state index contributed by atoms with van der Waals surface area (Å²) in [5.41, 5.74) is 6.25. The molecule has 0 spiro atoms. The maximum atomic E-state index is 12.9. The smallest absolute Gasteiger partial charge is 0.262 e. The maximum absolute atomic E-state index is 12.9. The molecular formula is C11H10FN3O. The van der Waals surface area contributed by atoms with E-state index in [1.807, 2.05) is 0 Å². The third-order valence-corrected chi connectivity index (χ3v) is 2.03.